The van der Waals surface area contributed by atoms with Gasteiger partial charge in [0.25, 0.3) is 0 Å². The van der Waals surface area contributed by atoms with Gasteiger partial charge in [-0.2, -0.15) is 4.31 Å². The molecule has 0 aromatic heterocycles. The first-order valence-corrected chi connectivity index (χ1v) is 7.96. The maximum absolute atomic E-state index is 12.5. The quantitative estimate of drug-likeness (QED) is 0.681. The molecule has 0 bridgehead atoms. The molecule has 0 spiro atoms. The van der Waals surface area contributed by atoms with E-state index < -0.39 is 10.0 Å². The number of nitrogen functional groups attached to an aromatic ring is 1. The van der Waals surface area contributed by atoms with Crippen molar-refractivity contribution in [3.8, 4) is 0 Å². The van der Waals surface area contributed by atoms with Crippen molar-refractivity contribution in [3.05, 3.63) is 24.3 Å². The molecule has 100 valence electrons. The smallest absolute Gasteiger partial charge is 0.243 e. The summed E-state index contributed by atoms with van der Waals surface area (Å²) in [5.74, 6) is 0.480. The molecule has 1 aliphatic rings. The van der Waals surface area contributed by atoms with E-state index in [4.69, 9.17) is 17.3 Å². The van der Waals surface area contributed by atoms with E-state index in [1.54, 1.807) is 22.5 Å². The fraction of sp³-hybridized carbons (Fsp3) is 0.500. The van der Waals surface area contributed by atoms with Crippen LogP contribution in [-0.2, 0) is 10.0 Å². The lowest BCUT2D eigenvalue weighted by Crippen LogP contribution is -2.35. The molecule has 1 heterocycles. The molecule has 1 unspecified atom stereocenters. The van der Waals surface area contributed by atoms with Gasteiger partial charge in [-0.3, -0.25) is 0 Å². The first-order chi connectivity index (χ1) is 8.55. The van der Waals surface area contributed by atoms with Crippen LogP contribution in [0.3, 0.4) is 0 Å². The third kappa shape index (κ3) is 2.63. The number of hydrogen-bond donors (Lipinski definition) is 1. The van der Waals surface area contributed by atoms with Gasteiger partial charge in [-0.1, -0.05) is 6.07 Å². The average molecular weight is 289 g/mol. The number of benzene rings is 1. The highest BCUT2D eigenvalue weighted by molar-refractivity contribution is 7.89. The van der Waals surface area contributed by atoms with Crippen molar-refractivity contribution in [3.63, 3.8) is 0 Å². The molecule has 1 atom stereocenters. The van der Waals surface area contributed by atoms with E-state index in [1.165, 1.54) is 6.07 Å². The largest absolute Gasteiger partial charge is 0.399 e. The molecule has 6 heteroatoms. The summed E-state index contributed by atoms with van der Waals surface area (Å²) in [5.41, 5.74) is 6.11. The summed E-state index contributed by atoms with van der Waals surface area (Å²) >= 11 is 5.73. The molecule has 1 aromatic carbocycles. The van der Waals surface area contributed by atoms with Crippen LogP contribution in [0.2, 0.25) is 0 Å². The standard InChI is InChI=1S/C12H17ClN2O2S/c13-7-6-11-4-2-8-15(11)18(16,17)12-5-1-3-10(14)9-12/h1,3,5,9,11H,2,4,6-8,14H2. The molecule has 2 N–H and O–H groups in total. The predicted octanol–water partition coefficient (Wildman–Crippen LogP) is 2.05. The molecule has 1 fully saturated rings. The zero-order valence-electron chi connectivity index (χ0n) is 10.0. The lowest BCUT2D eigenvalue weighted by molar-refractivity contribution is 0.381. The Hall–Kier alpha value is -0.780. The second-order valence-corrected chi connectivity index (χ2v) is 6.73. The van der Waals surface area contributed by atoms with Crippen molar-refractivity contribution >= 4 is 27.3 Å². The monoisotopic (exact) mass is 288 g/mol. The van der Waals surface area contributed by atoms with Gasteiger partial charge in [0.1, 0.15) is 0 Å². The number of sulfonamides is 1. The molecule has 0 aliphatic carbocycles. The topological polar surface area (TPSA) is 63.4 Å². The van der Waals surface area contributed by atoms with E-state index in [2.05, 4.69) is 0 Å². The number of anilines is 1. The SMILES string of the molecule is Nc1cccc(S(=O)(=O)N2CCCC2CCCl)c1. The molecule has 0 saturated carbocycles. The predicted molar refractivity (Wildman–Crippen MR) is 73.1 cm³/mol. The molecular formula is C12H17ClN2O2S. The Kier molecular flexibility index (Phi) is 4.14. The van der Waals surface area contributed by atoms with Crippen LogP contribution >= 0.6 is 11.6 Å². The zero-order valence-corrected chi connectivity index (χ0v) is 11.6. The van der Waals surface area contributed by atoms with E-state index in [0.717, 1.165) is 12.8 Å². The number of alkyl halides is 1. The van der Waals surface area contributed by atoms with Gasteiger partial charge in [0.15, 0.2) is 0 Å². The van der Waals surface area contributed by atoms with Crippen LogP contribution in [0.15, 0.2) is 29.2 Å². The van der Waals surface area contributed by atoms with E-state index in [0.29, 0.717) is 24.5 Å². The Morgan fingerprint density at radius 3 is 2.89 bits per heavy atom. The maximum atomic E-state index is 12.5. The average Bonchev–Trinajstić information content (AvgIpc) is 2.78. The molecule has 0 amide bonds. The summed E-state index contributed by atoms with van der Waals surface area (Å²) < 4.78 is 26.6. The van der Waals surface area contributed by atoms with Gasteiger partial charge >= 0.3 is 0 Å². The minimum atomic E-state index is -3.44. The van der Waals surface area contributed by atoms with Gasteiger partial charge in [-0.15, -0.1) is 11.6 Å². The summed E-state index contributed by atoms with van der Waals surface area (Å²) in [5, 5.41) is 0. The summed E-state index contributed by atoms with van der Waals surface area (Å²) in [7, 11) is -3.44. The van der Waals surface area contributed by atoms with E-state index in [1.807, 2.05) is 0 Å². The molecule has 0 radical (unpaired) electrons. The summed E-state index contributed by atoms with van der Waals surface area (Å²) in [4.78, 5) is 0.268. The van der Waals surface area contributed by atoms with Crippen LogP contribution in [0.4, 0.5) is 5.69 Å². The number of nitrogens with two attached hydrogens (primary N) is 1. The van der Waals surface area contributed by atoms with E-state index >= 15 is 0 Å². The van der Waals surface area contributed by atoms with Gasteiger partial charge in [-0.25, -0.2) is 8.42 Å². The molecule has 1 saturated heterocycles. The van der Waals surface area contributed by atoms with Crippen molar-refractivity contribution in [1.82, 2.24) is 4.31 Å². The van der Waals surface area contributed by atoms with Crippen molar-refractivity contribution in [2.24, 2.45) is 0 Å². The number of hydrogen-bond acceptors (Lipinski definition) is 3. The number of halogens is 1. The lowest BCUT2D eigenvalue weighted by atomic mass is 10.2. The number of rotatable bonds is 4. The third-order valence-corrected chi connectivity index (χ3v) is 5.40. The van der Waals surface area contributed by atoms with Crippen LogP contribution in [0.1, 0.15) is 19.3 Å². The molecule has 2 rings (SSSR count). The molecule has 1 aliphatic heterocycles. The zero-order chi connectivity index (χ0) is 13.2. The highest BCUT2D eigenvalue weighted by atomic mass is 35.5. The van der Waals surface area contributed by atoms with Gasteiger partial charge in [0, 0.05) is 24.2 Å². The van der Waals surface area contributed by atoms with Crippen LogP contribution in [0, 0.1) is 0 Å². The highest BCUT2D eigenvalue weighted by Crippen LogP contribution is 2.28. The summed E-state index contributed by atoms with van der Waals surface area (Å²) in [6, 6.07) is 6.45. The normalized spacial score (nSPS) is 21.3. The Morgan fingerprint density at radius 1 is 1.44 bits per heavy atom. The van der Waals surface area contributed by atoms with Gasteiger partial charge in [-0.05, 0) is 37.5 Å². The van der Waals surface area contributed by atoms with Crippen molar-refractivity contribution in [2.45, 2.75) is 30.2 Å². The molecular weight excluding hydrogens is 272 g/mol. The van der Waals surface area contributed by atoms with Crippen LogP contribution in [-0.4, -0.2) is 31.2 Å². The van der Waals surface area contributed by atoms with Crippen LogP contribution in [0.25, 0.3) is 0 Å². The van der Waals surface area contributed by atoms with E-state index in [-0.39, 0.29) is 10.9 Å². The van der Waals surface area contributed by atoms with Gasteiger partial charge in [0.05, 0.1) is 4.90 Å². The van der Waals surface area contributed by atoms with E-state index in [9.17, 15) is 8.42 Å². The first-order valence-electron chi connectivity index (χ1n) is 5.99. The van der Waals surface area contributed by atoms with Gasteiger partial charge in [0.2, 0.25) is 10.0 Å². The minimum Gasteiger partial charge on any atom is -0.399 e. The Bertz CT molecular complexity index is 519. The maximum Gasteiger partial charge on any atom is 0.243 e. The summed E-state index contributed by atoms with van der Waals surface area (Å²) in [6.07, 6.45) is 2.47. The third-order valence-electron chi connectivity index (χ3n) is 3.23. The lowest BCUT2D eigenvalue weighted by Gasteiger charge is -2.23. The highest BCUT2D eigenvalue weighted by Gasteiger charge is 2.34. The second-order valence-electron chi connectivity index (χ2n) is 4.46. The minimum absolute atomic E-state index is 0.0222. The fourth-order valence-corrected chi connectivity index (χ4v) is 4.38. The van der Waals surface area contributed by atoms with Crippen molar-refractivity contribution in [2.75, 3.05) is 18.2 Å². The Balaban J connectivity index is 2.30. The Labute approximate surface area is 113 Å². The van der Waals surface area contributed by atoms with Crippen molar-refractivity contribution < 1.29 is 8.42 Å². The van der Waals surface area contributed by atoms with Crippen LogP contribution < -0.4 is 5.73 Å². The molecule has 1 aromatic rings. The fourth-order valence-electron chi connectivity index (χ4n) is 2.35. The van der Waals surface area contributed by atoms with Crippen LogP contribution in [0.5, 0.6) is 0 Å². The van der Waals surface area contributed by atoms with Gasteiger partial charge < -0.3 is 5.73 Å². The summed E-state index contributed by atoms with van der Waals surface area (Å²) in [6.45, 7) is 0.568. The van der Waals surface area contributed by atoms with Crippen molar-refractivity contribution in [1.29, 1.82) is 0 Å². The second kappa shape index (κ2) is 5.47. The first kappa shape index (κ1) is 13.6. The number of nitrogens with zero attached hydrogens (tertiary/aromatic N) is 1. The molecule has 18 heavy (non-hydrogen) atoms. The molecule has 4 nitrogen and oxygen atoms in total. The Morgan fingerprint density at radius 2 is 2.22 bits per heavy atom.